The van der Waals surface area contributed by atoms with Gasteiger partial charge < -0.3 is 10.1 Å². The van der Waals surface area contributed by atoms with Gasteiger partial charge in [-0.05, 0) is 45.0 Å². The number of carbonyl (C=O) groups excluding carboxylic acids is 2. The van der Waals surface area contributed by atoms with Crippen LogP contribution >= 0.6 is 11.3 Å². The lowest BCUT2D eigenvalue weighted by Crippen LogP contribution is -2.30. The summed E-state index contributed by atoms with van der Waals surface area (Å²) < 4.78 is 5.21. The fourth-order valence-electron chi connectivity index (χ4n) is 2.02. The van der Waals surface area contributed by atoms with Crippen molar-refractivity contribution in [3.63, 3.8) is 0 Å². The van der Waals surface area contributed by atoms with Crippen LogP contribution < -0.4 is 5.32 Å². The predicted molar refractivity (Wildman–Crippen MR) is 88.5 cm³/mol. The van der Waals surface area contributed by atoms with Crippen LogP contribution in [0.3, 0.4) is 0 Å². The number of nitrogens with zero attached hydrogens (tertiary/aromatic N) is 1. The normalized spacial score (nSPS) is 11.4. The van der Waals surface area contributed by atoms with E-state index in [1.807, 2.05) is 19.9 Å². The summed E-state index contributed by atoms with van der Waals surface area (Å²) in [4.78, 5) is 26.1. The van der Waals surface area contributed by atoms with Gasteiger partial charge in [0.05, 0.1) is 17.2 Å². The Bertz CT molecular complexity index is 789. The molecule has 6 heteroatoms. The molecule has 0 unspecified atom stereocenters. The summed E-state index contributed by atoms with van der Waals surface area (Å²) in [5.41, 5.74) is 1.41. The maximum absolute atomic E-state index is 12.1. The van der Waals surface area contributed by atoms with Crippen LogP contribution in [0.2, 0.25) is 0 Å². The molecule has 1 atom stereocenters. The highest BCUT2D eigenvalue weighted by molar-refractivity contribution is 7.12. The molecule has 5 nitrogen and oxygen atoms in total. The van der Waals surface area contributed by atoms with E-state index in [-0.39, 0.29) is 0 Å². The molecule has 0 fully saturated rings. The minimum Gasteiger partial charge on any atom is -0.449 e. The average molecular weight is 328 g/mol. The third-order valence-corrected chi connectivity index (χ3v) is 4.14. The molecule has 1 amide bonds. The van der Waals surface area contributed by atoms with Gasteiger partial charge in [-0.2, -0.15) is 5.26 Å². The Kier molecular flexibility index (Phi) is 5.14. The number of hydrogen-bond acceptors (Lipinski definition) is 5. The molecule has 0 saturated carbocycles. The Labute approximate surface area is 138 Å². The molecule has 1 heterocycles. The molecule has 0 aliphatic rings. The van der Waals surface area contributed by atoms with Crippen LogP contribution in [0.4, 0.5) is 5.69 Å². The molecule has 1 N–H and O–H groups in total. The molecule has 0 saturated heterocycles. The van der Waals surface area contributed by atoms with E-state index < -0.39 is 18.0 Å². The first kappa shape index (κ1) is 16.7. The minimum atomic E-state index is -0.937. The summed E-state index contributed by atoms with van der Waals surface area (Å²) in [6, 6.07) is 10.3. The second-order valence-corrected chi connectivity index (χ2v) is 6.52. The Morgan fingerprint density at radius 1 is 1.30 bits per heavy atom. The van der Waals surface area contributed by atoms with Gasteiger partial charge in [-0.3, -0.25) is 4.79 Å². The largest absolute Gasteiger partial charge is 0.449 e. The molecule has 2 aromatic rings. The molecule has 0 bridgehead atoms. The van der Waals surface area contributed by atoms with Crippen molar-refractivity contribution in [1.29, 1.82) is 5.26 Å². The number of benzene rings is 1. The van der Waals surface area contributed by atoms with E-state index in [4.69, 9.17) is 10.00 Å². The fraction of sp³-hybridized carbons (Fsp3) is 0.235. The predicted octanol–water partition coefficient (Wildman–Crippen LogP) is 3.42. The van der Waals surface area contributed by atoms with Crippen LogP contribution in [0.15, 0.2) is 30.3 Å². The Hall–Kier alpha value is -2.65. The van der Waals surface area contributed by atoms with Crippen molar-refractivity contribution in [2.75, 3.05) is 5.32 Å². The van der Waals surface area contributed by atoms with E-state index in [0.717, 1.165) is 9.75 Å². The van der Waals surface area contributed by atoms with E-state index in [2.05, 4.69) is 5.32 Å². The van der Waals surface area contributed by atoms with E-state index in [9.17, 15) is 9.59 Å². The number of rotatable bonds is 4. The molecule has 0 radical (unpaired) electrons. The molecule has 0 aliphatic carbocycles. The summed E-state index contributed by atoms with van der Waals surface area (Å²) in [6.45, 7) is 5.26. The van der Waals surface area contributed by atoms with Gasteiger partial charge in [-0.15, -0.1) is 11.3 Å². The maximum atomic E-state index is 12.1. The van der Waals surface area contributed by atoms with Crippen LogP contribution in [-0.4, -0.2) is 18.0 Å². The van der Waals surface area contributed by atoms with E-state index >= 15 is 0 Å². The standard InChI is InChI=1S/C17H16N2O3S/c1-10-7-15(12(3)23-10)17(21)22-11(2)16(20)19-14-6-4-5-13(8-14)9-18/h4-8,11H,1-3H3,(H,19,20)/t11-/m0/s1. The van der Waals surface area contributed by atoms with Crippen LogP contribution in [0, 0.1) is 25.2 Å². The summed E-state index contributed by atoms with van der Waals surface area (Å²) in [7, 11) is 0. The Morgan fingerprint density at radius 2 is 2.04 bits per heavy atom. The SMILES string of the molecule is Cc1cc(C(=O)O[C@@H](C)C(=O)Nc2cccc(C#N)c2)c(C)s1. The molecular weight excluding hydrogens is 312 g/mol. The van der Waals surface area contributed by atoms with Gasteiger partial charge in [0.25, 0.3) is 5.91 Å². The van der Waals surface area contributed by atoms with Crippen molar-refractivity contribution in [2.45, 2.75) is 26.9 Å². The fourth-order valence-corrected chi connectivity index (χ4v) is 2.93. The van der Waals surface area contributed by atoms with E-state index in [0.29, 0.717) is 16.8 Å². The topological polar surface area (TPSA) is 79.2 Å². The van der Waals surface area contributed by atoms with Gasteiger partial charge in [0.2, 0.25) is 0 Å². The molecule has 118 valence electrons. The zero-order valence-corrected chi connectivity index (χ0v) is 13.9. The number of nitrogens with one attached hydrogen (secondary N) is 1. The molecule has 1 aromatic heterocycles. The van der Waals surface area contributed by atoms with Crippen molar-refractivity contribution in [3.8, 4) is 6.07 Å². The lowest BCUT2D eigenvalue weighted by Gasteiger charge is -2.13. The minimum absolute atomic E-state index is 0.442. The van der Waals surface area contributed by atoms with Gasteiger partial charge in [0.15, 0.2) is 6.10 Å². The first-order chi connectivity index (χ1) is 10.9. The number of hydrogen-bond donors (Lipinski definition) is 1. The lowest BCUT2D eigenvalue weighted by molar-refractivity contribution is -0.123. The number of amides is 1. The van der Waals surface area contributed by atoms with Gasteiger partial charge in [-0.1, -0.05) is 6.07 Å². The Balaban J connectivity index is 2.01. The molecule has 0 spiro atoms. The second kappa shape index (κ2) is 7.07. The smallest absolute Gasteiger partial charge is 0.340 e. The molecular formula is C17H16N2O3S. The van der Waals surface area contributed by atoms with E-state index in [1.165, 1.54) is 18.3 Å². The highest BCUT2D eigenvalue weighted by Crippen LogP contribution is 2.22. The first-order valence-electron chi connectivity index (χ1n) is 6.99. The monoisotopic (exact) mass is 328 g/mol. The number of ether oxygens (including phenoxy) is 1. The number of anilines is 1. The van der Waals surface area contributed by atoms with Crippen molar-refractivity contribution in [3.05, 3.63) is 51.2 Å². The van der Waals surface area contributed by atoms with Crippen molar-refractivity contribution in [1.82, 2.24) is 0 Å². The summed E-state index contributed by atoms with van der Waals surface area (Å²) in [5.74, 6) is -0.960. The highest BCUT2D eigenvalue weighted by Gasteiger charge is 2.21. The van der Waals surface area contributed by atoms with Crippen molar-refractivity contribution < 1.29 is 14.3 Å². The third-order valence-electron chi connectivity index (χ3n) is 3.17. The third kappa shape index (κ3) is 4.18. The number of carbonyl (C=O) groups is 2. The molecule has 23 heavy (non-hydrogen) atoms. The first-order valence-corrected chi connectivity index (χ1v) is 7.81. The summed E-state index contributed by atoms with van der Waals surface area (Å²) in [5, 5.41) is 11.5. The quantitative estimate of drug-likeness (QED) is 0.872. The van der Waals surface area contributed by atoms with Gasteiger partial charge >= 0.3 is 5.97 Å². The van der Waals surface area contributed by atoms with Crippen LogP contribution in [0.5, 0.6) is 0 Å². The van der Waals surface area contributed by atoms with Crippen molar-refractivity contribution >= 4 is 28.9 Å². The van der Waals surface area contributed by atoms with Crippen LogP contribution in [0.25, 0.3) is 0 Å². The van der Waals surface area contributed by atoms with Gasteiger partial charge in [0.1, 0.15) is 0 Å². The zero-order chi connectivity index (χ0) is 17.0. The highest BCUT2D eigenvalue weighted by atomic mass is 32.1. The van der Waals surface area contributed by atoms with Crippen molar-refractivity contribution in [2.24, 2.45) is 0 Å². The molecule has 1 aromatic carbocycles. The van der Waals surface area contributed by atoms with Crippen LogP contribution in [-0.2, 0) is 9.53 Å². The Morgan fingerprint density at radius 3 is 2.65 bits per heavy atom. The van der Waals surface area contributed by atoms with Crippen LogP contribution in [0.1, 0.15) is 32.6 Å². The summed E-state index contributed by atoms with van der Waals surface area (Å²) >= 11 is 1.51. The number of esters is 1. The number of aryl methyl sites for hydroxylation is 2. The molecule has 2 rings (SSSR count). The summed E-state index contributed by atoms with van der Waals surface area (Å²) in [6.07, 6.45) is -0.937. The second-order valence-electron chi connectivity index (χ2n) is 5.06. The zero-order valence-electron chi connectivity index (χ0n) is 13.0. The number of nitriles is 1. The molecule has 0 aliphatic heterocycles. The van der Waals surface area contributed by atoms with E-state index in [1.54, 1.807) is 30.3 Å². The maximum Gasteiger partial charge on any atom is 0.340 e. The lowest BCUT2D eigenvalue weighted by atomic mass is 10.2. The number of thiophene rings is 1. The van der Waals surface area contributed by atoms with Gasteiger partial charge in [-0.25, -0.2) is 4.79 Å². The van der Waals surface area contributed by atoms with Gasteiger partial charge in [0, 0.05) is 15.4 Å². The average Bonchev–Trinajstić information content (AvgIpc) is 2.86.